The van der Waals surface area contributed by atoms with E-state index in [4.69, 9.17) is 4.98 Å². The number of nitrogens with zero attached hydrogens (tertiary/aromatic N) is 5. The summed E-state index contributed by atoms with van der Waals surface area (Å²) < 4.78 is 2.08. The maximum absolute atomic E-state index is 12.3. The average molecular weight is 470 g/mol. The summed E-state index contributed by atoms with van der Waals surface area (Å²) in [4.78, 5) is 20.1. The summed E-state index contributed by atoms with van der Waals surface area (Å²) in [5.41, 5.74) is 3.01. The Balaban J connectivity index is 1.41. The van der Waals surface area contributed by atoms with Gasteiger partial charge in [-0.3, -0.25) is 9.69 Å². The minimum atomic E-state index is -0.0499. The summed E-state index contributed by atoms with van der Waals surface area (Å²) in [7, 11) is 0. The number of carbonyl (C=O) groups is 1. The maximum atomic E-state index is 12.3. The Morgan fingerprint density at radius 3 is 2.74 bits per heavy atom. The van der Waals surface area contributed by atoms with Gasteiger partial charge >= 0.3 is 0 Å². The molecule has 0 aliphatic carbocycles. The summed E-state index contributed by atoms with van der Waals surface area (Å²) in [6.07, 6.45) is 3.71. The minimum Gasteiger partial charge on any atom is -0.308 e. The third kappa shape index (κ3) is 5.41. The van der Waals surface area contributed by atoms with Crippen molar-refractivity contribution < 1.29 is 4.79 Å². The number of benzene rings is 1. The second-order valence-electron chi connectivity index (χ2n) is 6.92. The molecule has 3 heterocycles. The van der Waals surface area contributed by atoms with Crippen molar-refractivity contribution in [1.29, 1.82) is 0 Å². The van der Waals surface area contributed by atoms with Crippen molar-refractivity contribution in [3.05, 3.63) is 69.6 Å². The third-order valence-corrected chi connectivity index (χ3v) is 7.58. The summed E-state index contributed by atoms with van der Waals surface area (Å²) in [5, 5.41) is 14.0. The predicted octanol–water partition coefficient (Wildman–Crippen LogP) is 5.58. The van der Waals surface area contributed by atoms with Crippen molar-refractivity contribution in [1.82, 2.24) is 19.7 Å². The molecule has 0 N–H and O–H groups in total. The van der Waals surface area contributed by atoms with E-state index in [2.05, 4.69) is 51.3 Å². The van der Waals surface area contributed by atoms with Gasteiger partial charge in [-0.2, -0.15) is 0 Å². The first-order chi connectivity index (χ1) is 15.1. The zero-order valence-electron chi connectivity index (χ0n) is 17.4. The molecule has 0 fully saturated rings. The molecule has 4 aromatic rings. The minimum absolute atomic E-state index is 0.0499. The fraction of sp³-hybridized carbons (Fsp3) is 0.273. The van der Waals surface area contributed by atoms with Crippen LogP contribution in [0.2, 0.25) is 0 Å². The van der Waals surface area contributed by atoms with Gasteiger partial charge in [-0.1, -0.05) is 36.9 Å². The molecule has 0 aliphatic heterocycles. The number of rotatable bonds is 9. The van der Waals surface area contributed by atoms with E-state index in [1.165, 1.54) is 21.8 Å². The highest BCUT2D eigenvalue weighted by molar-refractivity contribution is 7.98. The number of aryl methyl sites for hydroxylation is 3. The van der Waals surface area contributed by atoms with Crippen LogP contribution in [-0.2, 0) is 29.9 Å². The molecule has 0 bridgehead atoms. The molecule has 31 heavy (non-hydrogen) atoms. The number of thioether (sulfide) groups is 1. The van der Waals surface area contributed by atoms with Crippen molar-refractivity contribution in [2.75, 3.05) is 4.90 Å². The molecular weight excluding hydrogens is 446 g/mol. The van der Waals surface area contributed by atoms with Crippen molar-refractivity contribution >= 4 is 51.2 Å². The van der Waals surface area contributed by atoms with Crippen LogP contribution in [0.15, 0.2) is 58.6 Å². The molecule has 0 atom stereocenters. The lowest BCUT2D eigenvalue weighted by Crippen LogP contribution is -2.22. The van der Waals surface area contributed by atoms with E-state index in [-0.39, 0.29) is 5.91 Å². The second kappa shape index (κ2) is 10.2. The summed E-state index contributed by atoms with van der Waals surface area (Å²) in [5.74, 6) is 0.625. The second-order valence-corrected chi connectivity index (χ2v) is 9.73. The Labute approximate surface area is 194 Å². The molecule has 3 aromatic heterocycles. The highest BCUT2D eigenvalue weighted by atomic mass is 32.2. The van der Waals surface area contributed by atoms with E-state index in [1.54, 1.807) is 41.2 Å². The zero-order valence-corrected chi connectivity index (χ0v) is 19.8. The van der Waals surface area contributed by atoms with Crippen LogP contribution in [0.4, 0.5) is 10.8 Å². The van der Waals surface area contributed by atoms with Crippen molar-refractivity contribution in [3.8, 4) is 0 Å². The van der Waals surface area contributed by atoms with Crippen LogP contribution >= 0.6 is 34.4 Å². The molecule has 0 aliphatic rings. The zero-order chi connectivity index (χ0) is 21.6. The molecule has 0 saturated heterocycles. The van der Waals surface area contributed by atoms with Gasteiger partial charge < -0.3 is 4.57 Å². The Morgan fingerprint density at radius 1 is 1.19 bits per heavy atom. The number of hydrogen-bond acceptors (Lipinski definition) is 7. The number of thiazole rings is 1. The van der Waals surface area contributed by atoms with Crippen molar-refractivity contribution in [2.24, 2.45) is 0 Å². The first-order valence-corrected chi connectivity index (χ1v) is 12.8. The molecule has 160 valence electrons. The highest BCUT2D eigenvalue weighted by Gasteiger charge is 2.18. The number of hydrogen-bond donors (Lipinski definition) is 0. The van der Waals surface area contributed by atoms with E-state index in [1.807, 2.05) is 17.5 Å². The molecule has 0 radical (unpaired) electrons. The third-order valence-electron chi connectivity index (χ3n) is 4.76. The van der Waals surface area contributed by atoms with Crippen molar-refractivity contribution in [2.45, 2.75) is 44.1 Å². The predicted molar refractivity (Wildman–Crippen MR) is 128 cm³/mol. The summed E-state index contributed by atoms with van der Waals surface area (Å²) in [6, 6.07) is 12.3. The topological polar surface area (TPSA) is 63.9 Å². The largest absolute Gasteiger partial charge is 0.308 e. The van der Waals surface area contributed by atoms with Gasteiger partial charge in [0.05, 0.1) is 11.4 Å². The standard InChI is InChI=1S/C22H23N5OS3/c1-3-17-6-8-19(9-7-17)27(16(2)28)21-24-18(13-30-21)14-31-22-25-23-15-26(22)11-10-20-5-4-12-29-20/h4-9,12-13,15H,3,10-11,14H2,1-2H3. The normalized spacial score (nSPS) is 11.0. The van der Waals surface area contributed by atoms with Gasteiger partial charge in [0.1, 0.15) is 6.33 Å². The molecule has 0 spiro atoms. The van der Waals surface area contributed by atoms with Gasteiger partial charge in [-0.25, -0.2) is 4.98 Å². The Hall–Kier alpha value is -2.49. The monoisotopic (exact) mass is 469 g/mol. The lowest BCUT2D eigenvalue weighted by molar-refractivity contribution is -0.115. The van der Waals surface area contributed by atoms with Gasteiger partial charge in [-0.05, 0) is 42.0 Å². The van der Waals surface area contributed by atoms with Crippen LogP contribution < -0.4 is 4.90 Å². The molecular formula is C22H23N5OS3. The van der Waals surface area contributed by atoms with Gasteiger partial charge in [0, 0.05) is 29.5 Å². The van der Waals surface area contributed by atoms with Crippen LogP contribution in [0.3, 0.4) is 0 Å². The lowest BCUT2D eigenvalue weighted by Gasteiger charge is -2.18. The molecule has 0 unspecified atom stereocenters. The van der Waals surface area contributed by atoms with Gasteiger partial charge in [0.2, 0.25) is 5.91 Å². The molecule has 9 heteroatoms. The SMILES string of the molecule is CCc1ccc(N(C(C)=O)c2nc(CSc3nncn3CCc3cccs3)cs2)cc1. The molecule has 0 saturated carbocycles. The fourth-order valence-corrected chi connectivity index (χ4v) is 5.63. The average Bonchev–Trinajstić information content (AvgIpc) is 3.53. The fourth-order valence-electron chi connectivity index (χ4n) is 3.11. The summed E-state index contributed by atoms with van der Waals surface area (Å²) >= 11 is 4.86. The van der Waals surface area contributed by atoms with Crippen LogP contribution in [0.1, 0.15) is 30.0 Å². The van der Waals surface area contributed by atoms with Gasteiger partial charge in [0.15, 0.2) is 10.3 Å². The van der Waals surface area contributed by atoms with Crippen molar-refractivity contribution in [3.63, 3.8) is 0 Å². The van der Waals surface area contributed by atoms with E-state index < -0.39 is 0 Å². The maximum Gasteiger partial charge on any atom is 0.230 e. The van der Waals surface area contributed by atoms with E-state index in [9.17, 15) is 4.79 Å². The summed E-state index contributed by atoms with van der Waals surface area (Å²) in [6.45, 7) is 4.54. The van der Waals surface area contributed by atoms with Gasteiger partial charge in [-0.15, -0.1) is 32.9 Å². The number of carbonyl (C=O) groups excluding carboxylic acids is 1. The molecule has 1 aromatic carbocycles. The lowest BCUT2D eigenvalue weighted by atomic mass is 10.1. The van der Waals surface area contributed by atoms with Crippen LogP contribution in [-0.4, -0.2) is 25.7 Å². The number of thiophene rings is 1. The highest BCUT2D eigenvalue weighted by Crippen LogP contribution is 2.31. The quantitative estimate of drug-likeness (QED) is 0.300. The molecule has 6 nitrogen and oxygen atoms in total. The smallest absolute Gasteiger partial charge is 0.230 e. The van der Waals surface area contributed by atoms with E-state index in [0.717, 1.165) is 35.9 Å². The Morgan fingerprint density at radius 2 is 2.03 bits per heavy atom. The van der Waals surface area contributed by atoms with E-state index >= 15 is 0 Å². The Bertz CT molecular complexity index is 1120. The van der Waals surface area contributed by atoms with Crippen LogP contribution in [0, 0.1) is 0 Å². The molecule has 4 rings (SSSR count). The Kier molecular flexibility index (Phi) is 7.16. The van der Waals surface area contributed by atoms with Gasteiger partial charge in [0.25, 0.3) is 0 Å². The first kappa shape index (κ1) is 21.7. The number of aromatic nitrogens is 4. The van der Waals surface area contributed by atoms with Crippen LogP contribution in [0.5, 0.6) is 0 Å². The van der Waals surface area contributed by atoms with Crippen LogP contribution in [0.25, 0.3) is 0 Å². The number of amides is 1. The van der Waals surface area contributed by atoms with E-state index in [0.29, 0.717) is 10.9 Å². The number of anilines is 2. The molecule has 1 amide bonds. The first-order valence-electron chi connectivity index (χ1n) is 10.0.